The number of rotatable bonds is 1. The molecule has 0 radical (unpaired) electrons. The highest BCUT2D eigenvalue weighted by atomic mass is 15.3. The van der Waals surface area contributed by atoms with Gasteiger partial charge in [-0.3, -0.25) is 4.90 Å². The zero-order valence-corrected chi connectivity index (χ0v) is 13.8. The lowest BCUT2D eigenvalue weighted by Crippen LogP contribution is -2.65. The van der Waals surface area contributed by atoms with Crippen molar-refractivity contribution < 1.29 is 0 Å². The van der Waals surface area contributed by atoms with E-state index in [-0.39, 0.29) is 0 Å². The van der Waals surface area contributed by atoms with E-state index < -0.39 is 0 Å². The van der Waals surface area contributed by atoms with Crippen LogP contribution < -0.4 is 5.32 Å². The molecule has 3 aliphatic carbocycles. The lowest BCUT2D eigenvalue weighted by molar-refractivity contribution is -0.0321. The minimum Gasteiger partial charge on any atom is -0.314 e. The molecule has 1 saturated heterocycles. The van der Waals surface area contributed by atoms with Crippen molar-refractivity contribution >= 4 is 0 Å². The van der Waals surface area contributed by atoms with E-state index >= 15 is 0 Å². The maximum atomic E-state index is 3.72. The van der Waals surface area contributed by atoms with E-state index in [1.807, 2.05) is 0 Å². The van der Waals surface area contributed by atoms with Gasteiger partial charge in [0.15, 0.2) is 0 Å². The molecule has 0 amide bonds. The molecule has 0 bridgehead atoms. The van der Waals surface area contributed by atoms with Crippen LogP contribution in [0.15, 0.2) is 0 Å². The fourth-order valence-corrected chi connectivity index (χ4v) is 6.25. The second kappa shape index (κ2) is 5.85. The van der Waals surface area contributed by atoms with E-state index in [1.165, 1.54) is 90.3 Å². The largest absolute Gasteiger partial charge is 0.314 e. The summed E-state index contributed by atoms with van der Waals surface area (Å²) in [5, 5.41) is 3.72. The van der Waals surface area contributed by atoms with Crippen LogP contribution in [0.4, 0.5) is 0 Å². The van der Waals surface area contributed by atoms with Gasteiger partial charge in [0.1, 0.15) is 0 Å². The first-order chi connectivity index (χ1) is 10.3. The number of nitrogens with zero attached hydrogens (tertiary/aromatic N) is 1. The van der Waals surface area contributed by atoms with E-state index in [9.17, 15) is 0 Å². The summed E-state index contributed by atoms with van der Waals surface area (Å²) in [5.74, 6) is 0. The van der Waals surface area contributed by atoms with Gasteiger partial charge in [-0.05, 0) is 56.8 Å². The molecule has 0 unspecified atom stereocenters. The van der Waals surface area contributed by atoms with Crippen LogP contribution in [-0.4, -0.2) is 36.1 Å². The number of piperazine rings is 1. The zero-order valence-electron chi connectivity index (χ0n) is 13.8. The maximum Gasteiger partial charge on any atom is 0.0337 e. The van der Waals surface area contributed by atoms with Crippen LogP contribution in [0.25, 0.3) is 0 Å². The molecular formula is C19H34N2. The molecule has 2 spiro atoms. The predicted molar refractivity (Wildman–Crippen MR) is 88.5 cm³/mol. The van der Waals surface area contributed by atoms with Gasteiger partial charge in [-0.1, -0.05) is 32.1 Å². The summed E-state index contributed by atoms with van der Waals surface area (Å²) in [6.07, 6.45) is 19.5. The third-order valence-electron chi connectivity index (χ3n) is 7.50. The van der Waals surface area contributed by atoms with Crippen molar-refractivity contribution in [2.45, 2.75) is 95.1 Å². The summed E-state index contributed by atoms with van der Waals surface area (Å²) in [6.45, 7) is 3.82. The lowest BCUT2D eigenvalue weighted by atomic mass is 9.69. The van der Waals surface area contributed by atoms with Crippen LogP contribution >= 0.6 is 0 Å². The first kappa shape index (κ1) is 14.5. The van der Waals surface area contributed by atoms with Gasteiger partial charge >= 0.3 is 0 Å². The molecular weight excluding hydrogens is 256 g/mol. The first-order valence-electron chi connectivity index (χ1n) is 9.80. The van der Waals surface area contributed by atoms with Gasteiger partial charge < -0.3 is 5.32 Å². The third kappa shape index (κ3) is 2.67. The second-order valence-corrected chi connectivity index (χ2v) is 8.59. The van der Waals surface area contributed by atoms with Crippen LogP contribution in [-0.2, 0) is 0 Å². The van der Waals surface area contributed by atoms with Crippen molar-refractivity contribution in [3.8, 4) is 0 Å². The Kier molecular flexibility index (Phi) is 4.04. The minimum absolute atomic E-state index is 0.543. The Hall–Kier alpha value is -0.0800. The molecule has 21 heavy (non-hydrogen) atoms. The quantitative estimate of drug-likeness (QED) is 0.782. The molecule has 4 aliphatic rings. The molecule has 1 heterocycles. The average Bonchev–Trinajstić information content (AvgIpc) is 2.98. The van der Waals surface area contributed by atoms with Gasteiger partial charge in [0, 0.05) is 31.2 Å². The summed E-state index contributed by atoms with van der Waals surface area (Å²) in [7, 11) is 0. The van der Waals surface area contributed by atoms with Crippen LogP contribution in [0, 0.1) is 5.41 Å². The SMILES string of the molecule is C1CCC2(CC1)CNCCN2C1CCC2(CCCC2)CC1. The molecule has 4 rings (SSSR count). The van der Waals surface area contributed by atoms with Gasteiger partial charge in [-0.15, -0.1) is 0 Å². The van der Waals surface area contributed by atoms with Crippen molar-refractivity contribution in [2.75, 3.05) is 19.6 Å². The Balaban J connectivity index is 1.44. The second-order valence-electron chi connectivity index (χ2n) is 8.59. The van der Waals surface area contributed by atoms with Gasteiger partial charge in [0.25, 0.3) is 0 Å². The van der Waals surface area contributed by atoms with E-state index in [2.05, 4.69) is 10.2 Å². The molecule has 1 N–H and O–H groups in total. The van der Waals surface area contributed by atoms with Crippen molar-refractivity contribution in [1.82, 2.24) is 10.2 Å². The van der Waals surface area contributed by atoms with Crippen LogP contribution in [0.1, 0.15) is 83.5 Å². The van der Waals surface area contributed by atoms with Crippen molar-refractivity contribution in [1.29, 1.82) is 0 Å². The Morgan fingerprint density at radius 3 is 2.14 bits per heavy atom. The normalized spacial score (nSPS) is 33.7. The lowest BCUT2D eigenvalue weighted by Gasteiger charge is -2.55. The highest BCUT2D eigenvalue weighted by molar-refractivity contribution is 5.02. The third-order valence-corrected chi connectivity index (χ3v) is 7.50. The smallest absolute Gasteiger partial charge is 0.0337 e. The maximum absolute atomic E-state index is 3.72. The topological polar surface area (TPSA) is 15.3 Å². The Labute approximate surface area is 131 Å². The van der Waals surface area contributed by atoms with Gasteiger partial charge in [0.2, 0.25) is 0 Å². The highest BCUT2D eigenvalue weighted by Gasteiger charge is 2.45. The Bertz CT molecular complexity index is 334. The predicted octanol–water partition coefficient (Wildman–Crippen LogP) is 4.10. The van der Waals surface area contributed by atoms with Gasteiger partial charge in [-0.2, -0.15) is 0 Å². The first-order valence-corrected chi connectivity index (χ1v) is 9.80. The number of hydrogen-bond acceptors (Lipinski definition) is 2. The summed E-state index contributed by atoms with van der Waals surface area (Å²) in [5.41, 5.74) is 1.34. The summed E-state index contributed by atoms with van der Waals surface area (Å²) in [4.78, 5) is 3.00. The number of hydrogen-bond donors (Lipinski definition) is 1. The fourth-order valence-electron chi connectivity index (χ4n) is 6.25. The van der Waals surface area contributed by atoms with E-state index in [1.54, 1.807) is 12.8 Å². The summed E-state index contributed by atoms with van der Waals surface area (Å²) in [6, 6.07) is 0.913. The van der Waals surface area contributed by atoms with Crippen molar-refractivity contribution in [3.05, 3.63) is 0 Å². The molecule has 0 atom stereocenters. The standard InChI is InChI=1S/C19H34N2/c1-2-10-19(11-3-1)16-20-14-15-21(19)17-6-12-18(13-7-17)8-4-5-9-18/h17,20H,1-16H2. The van der Waals surface area contributed by atoms with Crippen molar-refractivity contribution in [3.63, 3.8) is 0 Å². The monoisotopic (exact) mass is 290 g/mol. The summed E-state index contributed by atoms with van der Waals surface area (Å²) < 4.78 is 0. The summed E-state index contributed by atoms with van der Waals surface area (Å²) >= 11 is 0. The van der Waals surface area contributed by atoms with Crippen LogP contribution in [0.2, 0.25) is 0 Å². The Morgan fingerprint density at radius 2 is 1.43 bits per heavy atom. The molecule has 120 valence electrons. The molecule has 2 nitrogen and oxygen atoms in total. The fraction of sp³-hybridized carbons (Fsp3) is 1.00. The molecule has 0 aromatic heterocycles. The number of nitrogens with one attached hydrogen (secondary N) is 1. The molecule has 4 fully saturated rings. The minimum atomic E-state index is 0.543. The molecule has 0 aromatic carbocycles. The van der Waals surface area contributed by atoms with Crippen LogP contribution in [0.5, 0.6) is 0 Å². The van der Waals surface area contributed by atoms with E-state index in [0.717, 1.165) is 11.5 Å². The molecule has 0 aromatic rings. The highest BCUT2D eigenvalue weighted by Crippen LogP contribution is 2.50. The van der Waals surface area contributed by atoms with Crippen LogP contribution in [0.3, 0.4) is 0 Å². The van der Waals surface area contributed by atoms with Crippen molar-refractivity contribution in [2.24, 2.45) is 5.41 Å². The molecule has 1 aliphatic heterocycles. The Morgan fingerprint density at radius 1 is 0.762 bits per heavy atom. The van der Waals surface area contributed by atoms with Gasteiger partial charge in [0.05, 0.1) is 0 Å². The molecule has 3 saturated carbocycles. The van der Waals surface area contributed by atoms with E-state index in [4.69, 9.17) is 0 Å². The average molecular weight is 290 g/mol. The molecule has 2 heteroatoms. The zero-order chi connectivity index (χ0) is 14.2. The van der Waals surface area contributed by atoms with Gasteiger partial charge in [-0.25, -0.2) is 0 Å². The van der Waals surface area contributed by atoms with E-state index in [0.29, 0.717) is 5.54 Å².